The largest absolute Gasteiger partial charge is 0.478 e. The molecule has 1 saturated heterocycles. The fraction of sp³-hybridized carbons (Fsp3) is 0.688. The van der Waals surface area contributed by atoms with Crippen molar-refractivity contribution in [3.8, 4) is 5.88 Å². The van der Waals surface area contributed by atoms with E-state index in [4.69, 9.17) is 4.74 Å². The number of hydrogen-bond acceptors (Lipinski definition) is 3. The minimum absolute atomic E-state index is 0.150. The average Bonchev–Trinajstić information content (AvgIpc) is 2.39. The van der Waals surface area contributed by atoms with Crippen LogP contribution in [0.4, 0.5) is 0 Å². The zero-order chi connectivity index (χ0) is 13.7. The van der Waals surface area contributed by atoms with Crippen molar-refractivity contribution < 1.29 is 4.74 Å². The van der Waals surface area contributed by atoms with Crippen LogP contribution in [0.2, 0.25) is 0 Å². The molecule has 1 fully saturated rings. The maximum Gasteiger partial charge on any atom is 0.213 e. The lowest BCUT2D eigenvalue weighted by atomic mass is 9.88. The Hall–Kier alpha value is -1.09. The summed E-state index contributed by atoms with van der Waals surface area (Å²) in [5.41, 5.74) is 1.39. The van der Waals surface area contributed by atoms with Crippen LogP contribution in [-0.4, -0.2) is 24.2 Å². The Bertz CT molecular complexity index is 375. The van der Waals surface area contributed by atoms with E-state index < -0.39 is 0 Å². The van der Waals surface area contributed by atoms with E-state index in [1.165, 1.54) is 24.8 Å². The fourth-order valence-corrected chi connectivity index (χ4v) is 2.39. The van der Waals surface area contributed by atoms with E-state index in [0.717, 1.165) is 25.5 Å². The summed E-state index contributed by atoms with van der Waals surface area (Å²) >= 11 is 0. The monoisotopic (exact) mass is 262 g/mol. The third-order valence-electron chi connectivity index (χ3n) is 3.73. The van der Waals surface area contributed by atoms with Gasteiger partial charge in [0.05, 0.1) is 6.61 Å². The highest BCUT2D eigenvalue weighted by Gasteiger charge is 2.14. The first-order valence-corrected chi connectivity index (χ1v) is 7.38. The number of hydrogen-bond donors (Lipinski definition) is 1. The molecule has 3 heteroatoms. The summed E-state index contributed by atoms with van der Waals surface area (Å²) in [7, 11) is 0. The second kappa shape index (κ2) is 6.38. The molecule has 1 aliphatic rings. The molecule has 0 bridgehead atoms. The molecule has 1 N–H and O–H groups in total. The van der Waals surface area contributed by atoms with Gasteiger partial charge in [0.1, 0.15) is 0 Å². The highest BCUT2D eigenvalue weighted by atomic mass is 16.5. The standard InChI is InChI=1S/C16H26N2O/c1-16(2,3)13-7-8-15(18-12-13)19-11-9-14-6-4-5-10-17-14/h7-8,12,14,17H,4-6,9-11H2,1-3H3. The number of pyridine rings is 1. The number of nitrogens with one attached hydrogen (secondary N) is 1. The summed E-state index contributed by atoms with van der Waals surface area (Å²) in [4.78, 5) is 4.39. The Kier molecular flexibility index (Phi) is 4.81. The molecule has 1 unspecified atom stereocenters. The van der Waals surface area contributed by atoms with E-state index in [0.29, 0.717) is 6.04 Å². The van der Waals surface area contributed by atoms with Crippen molar-refractivity contribution in [2.75, 3.05) is 13.2 Å². The van der Waals surface area contributed by atoms with Gasteiger partial charge in [0, 0.05) is 18.3 Å². The van der Waals surface area contributed by atoms with Crippen LogP contribution < -0.4 is 10.1 Å². The number of nitrogens with zero attached hydrogens (tertiary/aromatic N) is 1. The van der Waals surface area contributed by atoms with Gasteiger partial charge in [-0.1, -0.05) is 33.3 Å². The van der Waals surface area contributed by atoms with Gasteiger partial charge in [0.15, 0.2) is 0 Å². The molecule has 106 valence electrons. The van der Waals surface area contributed by atoms with Crippen molar-refractivity contribution in [1.29, 1.82) is 0 Å². The number of aromatic nitrogens is 1. The molecule has 0 aliphatic carbocycles. The van der Waals surface area contributed by atoms with Gasteiger partial charge in [-0.2, -0.15) is 0 Å². The average molecular weight is 262 g/mol. The van der Waals surface area contributed by atoms with E-state index >= 15 is 0 Å². The van der Waals surface area contributed by atoms with Gasteiger partial charge in [-0.05, 0) is 36.8 Å². The summed E-state index contributed by atoms with van der Waals surface area (Å²) in [5.74, 6) is 0.740. The second-order valence-corrected chi connectivity index (χ2v) is 6.42. The summed E-state index contributed by atoms with van der Waals surface area (Å²) < 4.78 is 5.73. The predicted octanol–water partition coefficient (Wildman–Crippen LogP) is 3.29. The van der Waals surface area contributed by atoms with Crippen LogP contribution in [-0.2, 0) is 5.41 Å². The third-order valence-corrected chi connectivity index (χ3v) is 3.73. The van der Waals surface area contributed by atoms with Gasteiger partial charge in [0.25, 0.3) is 0 Å². The van der Waals surface area contributed by atoms with E-state index in [2.05, 4.69) is 37.1 Å². The lowest BCUT2D eigenvalue weighted by Gasteiger charge is -2.23. The van der Waals surface area contributed by atoms with Gasteiger partial charge in [-0.25, -0.2) is 4.98 Å². The van der Waals surface area contributed by atoms with Gasteiger partial charge in [-0.3, -0.25) is 0 Å². The van der Waals surface area contributed by atoms with Crippen LogP contribution in [0, 0.1) is 0 Å². The zero-order valence-electron chi connectivity index (χ0n) is 12.4. The van der Waals surface area contributed by atoms with Gasteiger partial charge >= 0.3 is 0 Å². The molecule has 0 spiro atoms. The van der Waals surface area contributed by atoms with Gasteiger partial charge in [0.2, 0.25) is 5.88 Å². The van der Waals surface area contributed by atoms with Crippen LogP contribution in [0.15, 0.2) is 18.3 Å². The Labute approximate surface area is 116 Å². The van der Waals surface area contributed by atoms with E-state index in [9.17, 15) is 0 Å². The molecule has 1 aromatic heterocycles. The minimum Gasteiger partial charge on any atom is -0.478 e. The van der Waals surface area contributed by atoms with Crippen molar-refractivity contribution in [1.82, 2.24) is 10.3 Å². The number of piperidine rings is 1. The third kappa shape index (κ3) is 4.50. The fourth-order valence-electron chi connectivity index (χ4n) is 2.39. The maximum absolute atomic E-state index is 5.73. The Morgan fingerprint density at radius 2 is 2.16 bits per heavy atom. The number of rotatable bonds is 4. The van der Waals surface area contributed by atoms with Crippen molar-refractivity contribution in [2.24, 2.45) is 0 Å². The highest BCUT2D eigenvalue weighted by Crippen LogP contribution is 2.22. The molecule has 3 nitrogen and oxygen atoms in total. The van der Waals surface area contributed by atoms with Crippen LogP contribution in [0.3, 0.4) is 0 Å². The van der Waals surface area contributed by atoms with Crippen LogP contribution >= 0.6 is 0 Å². The van der Waals surface area contributed by atoms with Crippen LogP contribution in [0.1, 0.15) is 52.0 Å². The number of ether oxygens (including phenoxy) is 1. The molecule has 1 aromatic rings. The Morgan fingerprint density at radius 3 is 2.74 bits per heavy atom. The second-order valence-electron chi connectivity index (χ2n) is 6.42. The lowest BCUT2D eigenvalue weighted by Crippen LogP contribution is -2.35. The molecule has 2 heterocycles. The predicted molar refractivity (Wildman–Crippen MR) is 78.7 cm³/mol. The Morgan fingerprint density at radius 1 is 1.32 bits per heavy atom. The molecule has 0 amide bonds. The quantitative estimate of drug-likeness (QED) is 0.904. The summed E-state index contributed by atoms with van der Waals surface area (Å²) in [6.45, 7) is 8.49. The molecular formula is C16H26N2O. The molecular weight excluding hydrogens is 236 g/mol. The molecule has 19 heavy (non-hydrogen) atoms. The molecule has 1 aliphatic heterocycles. The first kappa shape index (κ1) is 14.3. The highest BCUT2D eigenvalue weighted by molar-refractivity contribution is 5.23. The van der Waals surface area contributed by atoms with E-state index in [-0.39, 0.29) is 5.41 Å². The minimum atomic E-state index is 0.150. The SMILES string of the molecule is CC(C)(C)c1ccc(OCCC2CCCCN2)nc1. The maximum atomic E-state index is 5.73. The van der Waals surface area contributed by atoms with Crippen LogP contribution in [0.5, 0.6) is 5.88 Å². The first-order valence-electron chi connectivity index (χ1n) is 7.38. The van der Waals surface area contributed by atoms with E-state index in [1.807, 2.05) is 12.3 Å². The molecule has 0 saturated carbocycles. The molecule has 0 aromatic carbocycles. The van der Waals surface area contributed by atoms with Crippen LogP contribution in [0.25, 0.3) is 0 Å². The zero-order valence-corrected chi connectivity index (χ0v) is 12.4. The molecule has 2 rings (SSSR count). The Balaban J connectivity index is 1.76. The van der Waals surface area contributed by atoms with Gasteiger partial charge < -0.3 is 10.1 Å². The van der Waals surface area contributed by atoms with Crippen molar-refractivity contribution in [3.63, 3.8) is 0 Å². The van der Waals surface area contributed by atoms with E-state index in [1.54, 1.807) is 0 Å². The van der Waals surface area contributed by atoms with Gasteiger partial charge in [-0.15, -0.1) is 0 Å². The van der Waals surface area contributed by atoms with Crippen molar-refractivity contribution >= 4 is 0 Å². The van der Waals surface area contributed by atoms with Crippen molar-refractivity contribution in [2.45, 2.75) is 57.9 Å². The molecule has 0 radical (unpaired) electrons. The molecule has 1 atom stereocenters. The smallest absolute Gasteiger partial charge is 0.213 e. The topological polar surface area (TPSA) is 34.1 Å². The summed E-state index contributed by atoms with van der Waals surface area (Å²) in [6, 6.07) is 4.72. The normalized spacial score (nSPS) is 20.3. The summed E-state index contributed by atoms with van der Waals surface area (Å²) in [6.07, 6.45) is 6.93. The first-order chi connectivity index (χ1) is 9.05. The summed E-state index contributed by atoms with van der Waals surface area (Å²) in [5, 5.41) is 3.53. The lowest BCUT2D eigenvalue weighted by molar-refractivity contribution is 0.260. The van der Waals surface area contributed by atoms with Crippen molar-refractivity contribution in [3.05, 3.63) is 23.9 Å².